The van der Waals surface area contributed by atoms with E-state index in [1.807, 2.05) is 30.3 Å². The van der Waals surface area contributed by atoms with E-state index in [0.717, 1.165) is 18.5 Å². The number of carboxylic acids is 1. The number of benzene rings is 1. The second-order valence-corrected chi connectivity index (χ2v) is 5.69. The SMILES string of the molecule is CCCCN(C(=O)NCC(C)(C)C(=O)O)c1ccccc1. The minimum Gasteiger partial charge on any atom is -0.481 e. The third-order valence-corrected chi connectivity index (χ3v) is 3.31. The number of unbranched alkanes of at least 4 members (excludes halogenated alkanes) is 1. The zero-order valence-corrected chi connectivity index (χ0v) is 12.9. The van der Waals surface area contributed by atoms with E-state index < -0.39 is 11.4 Å². The zero-order chi connectivity index (χ0) is 15.9. The fourth-order valence-electron chi connectivity index (χ4n) is 1.74. The molecule has 2 N–H and O–H groups in total. The molecule has 0 saturated carbocycles. The van der Waals surface area contributed by atoms with Crippen molar-refractivity contribution >= 4 is 17.7 Å². The summed E-state index contributed by atoms with van der Waals surface area (Å²) in [5, 5.41) is 11.8. The summed E-state index contributed by atoms with van der Waals surface area (Å²) in [5.74, 6) is -0.928. The summed E-state index contributed by atoms with van der Waals surface area (Å²) in [4.78, 5) is 25.1. The molecule has 21 heavy (non-hydrogen) atoms. The molecule has 0 aliphatic rings. The molecule has 0 unspecified atom stereocenters. The molecule has 5 heteroatoms. The second kappa shape index (κ2) is 7.67. The lowest BCUT2D eigenvalue weighted by atomic mass is 9.94. The number of amides is 2. The van der Waals surface area contributed by atoms with Crippen LogP contribution < -0.4 is 10.2 Å². The first-order chi connectivity index (χ1) is 9.88. The van der Waals surface area contributed by atoms with Crippen LogP contribution in [0.15, 0.2) is 30.3 Å². The van der Waals surface area contributed by atoms with Gasteiger partial charge in [-0.2, -0.15) is 0 Å². The minimum absolute atomic E-state index is 0.0939. The molecular weight excluding hydrogens is 268 g/mol. The van der Waals surface area contributed by atoms with Gasteiger partial charge in [0.05, 0.1) is 5.41 Å². The number of carboxylic acid groups (broad SMARTS) is 1. The maximum atomic E-state index is 12.3. The molecule has 0 radical (unpaired) electrons. The zero-order valence-electron chi connectivity index (χ0n) is 12.9. The van der Waals surface area contributed by atoms with Crippen molar-refractivity contribution in [2.75, 3.05) is 18.0 Å². The van der Waals surface area contributed by atoms with Gasteiger partial charge in [0.25, 0.3) is 0 Å². The summed E-state index contributed by atoms with van der Waals surface area (Å²) in [5.41, 5.74) is -0.167. The molecule has 0 fully saturated rings. The van der Waals surface area contributed by atoms with Crippen LogP contribution in [-0.4, -0.2) is 30.2 Å². The highest BCUT2D eigenvalue weighted by Gasteiger charge is 2.28. The van der Waals surface area contributed by atoms with Gasteiger partial charge in [0.15, 0.2) is 0 Å². The number of nitrogens with zero attached hydrogens (tertiary/aromatic N) is 1. The highest BCUT2D eigenvalue weighted by Crippen LogP contribution is 2.16. The van der Waals surface area contributed by atoms with Gasteiger partial charge in [-0.25, -0.2) is 4.79 Å². The molecule has 1 rings (SSSR count). The molecule has 0 spiro atoms. The number of anilines is 1. The molecular formula is C16H24N2O3. The molecule has 0 heterocycles. The quantitative estimate of drug-likeness (QED) is 0.811. The van der Waals surface area contributed by atoms with Crippen LogP contribution in [0.5, 0.6) is 0 Å². The molecule has 0 atom stereocenters. The van der Waals surface area contributed by atoms with E-state index in [9.17, 15) is 9.59 Å². The van der Waals surface area contributed by atoms with Crippen molar-refractivity contribution in [1.82, 2.24) is 5.32 Å². The van der Waals surface area contributed by atoms with Crippen molar-refractivity contribution in [2.24, 2.45) is 5.41 Å². The number of rotatable bonds is 7. The van der Waals surface area contributed by atoms with Crippen molar-refractivity contribution in [3.63, 3.8) is 0 Å². The first-order valence-electron chi connectivity index (χ1n) is 7.22. The number of carbonyl (C=O) groups excluding carboxylic acids is 1. The van der Waals surface area contributed by atoms with Crippen molar-refractivity contribution in [2.45, 2.75) is 33.6 Å². The van der Waals surface area contributed by atoms with Gasteiger partial charge in [0, 0.05) is 18.8 Å². The number of para-hydroxylation sites is 1. The topological polar surface area (TPSA) is 69.6 Å². The van der Waals surface area contributed by atoms with Crippen molar-refractivity contribution in [3.8, 4) is 0 Å². The minimum atomic E-state index is -0.983. The molecule has 0 saturated heterocycles. The highest BCUT2D eigenvalue weighted by molar-refractivity contribution is 5.92. The van der Waals surface area contributed by atoms with Crippen LogP contribution in [0.2, 0.25) is 0 Å². The van der Waals surface area contributed by atoms with Crippen LogP contribution in [0.4, 0.5) is 10.5 Å². The normalized spacial score (nSPS) is 11.0. The van der Waals surface area contributed by atoms with E-state index in [-0.39, 0.29) is 12.6 Å². The van der Waals surface area contributed by atoms with Crippen LogP contribution in [0.25, 0.3) is 0 Å². The Kier molecular flexibility index (Phi) is 6.21. The van der Waals surface area contributed by atoms with Gasteiger partial charge in [-0.15, -0.1) is 0 Å². The predicted molar refractivity (Wildman–Crippen MR) is 83.5 cm³/mol. The average molecular weight is 292 g/mol. The number of hydrogen-bond donors (Lipinski definition) is 2. The molecule has 1 aromatic carbocycles. The second-order valence-electron chi connectivity index (χ2n) is 5.69. The number of urea groups is 1. The van der Waals surface area contributed by atoms with E-state index in [1.54, 1.807) is 18.7 Å². The molecule has 2 amide bonds. The maximum absolute atomic E-state index is 12.3. The van der Waals surface area contributed by atoms with E-state index in [1.165, 1.54) is 0 Å². The smallest absolute Gasteiger partial charge is 0.321 e. The molecule has 0 aliphatic carbocycles. The van der Waals surface area contributed by atoms with Crippen LogP contribution in [0.1, 0.15) is 33.6 Å². The predicted octanol–water partition coefficient (Wildman–Crippen LogP) is 3.11. The summed E-state index contributed by atoms with van der Waals surface area (Å²) >= 11 is 0. The summed E-state index contributed by atoms with van der Waals surface area (Å²) in [6.07, 6.45) is 1.88. The first kappa shape index (κ1) is 17.0. The van der Waals surface area contributed by atoms with Crippen molar-refractivity contribution in [1.29, 1.82) is 0 Å². The molecule has 116 valence electrons. The monoisotopic (exact) mass is 292 g/mol. The Hall–Kier alpha value is -2.04. The van der Waals surface area contributed by atoms with E-state index in [4.69, 9.17) is 5.11 Å². The van der Waals surface area contributed by atoms with E-state index in [0.29, 0.717) is 6.54 Å². The van der Waals surface area contributed by atoms with E-state index in [2.05, 4.69) is 12.2 Å². The number of aliphatic carboxylic acids is 1. The van der Waals surface area contributed by atoms with Crippen LogP contribution >= 0.6 is 0 Å². The summed E-state index contributed by atoms with van der Waals surface area (Å²) in [7, 11) is 0. The standard InChI is InChI=1S/C16H24N2O3/c1-4-5-11-18(13-9-7-6-8-10-13)15(21)17-12-16(2,3)14(19)20/h6-10H,4-5,11-12H2,1-3H3,(H,17,21)(H,19,20). The van der Waals surface area contributed by atoms with Gasteiger partial charge in [-0.1, -0.05) is 31.5 Å². The maximum Gasteiger partial charge on any atom is 0.321 e. The van der Waals surface area contributed by atoms with Gasteiger partial charge < -0.3 is 10.4 Å². The first-order valence-corrected chi connectivity index (χ1v) is 7.22. The molecule has 0 bridgehead atoms. The lowest BCUT2D eigenvalue weighted by molar-refractivity contribution is -0.146. The van der Waals surface area contributed by atoms with Gasteiger partial charge in [-0.3, -0.25) is 9.69 Å². The van der Waals surface area contributed by atoms with Crippen LogP contribution in [0, 0.1) is 5.41 Å². The Morgan fingerprint density at radius 2 is 1.86 bits per heavy atom. The largest absolute Gasteiger partial charge is 0.481 e. The Morgan fingerprint density at radius 1 is 1.24 bits per heavy atom. The Morgan fingerprint density at radius 3 is 2.38 bits per heavy atom. The lowest BCUT2D eigenvalue weighted by Crippen LogP contribution is -2.46. The Bertz CT molecular complexity index is 472. The van der Waals surface area contributed by atoms with Crippen LogP contribution in [-0.2, 0) is 4.79 Å². The highest BCUT2D eigenvalue weighted by atomic mass is 16.4. The summed E-state index contributed by atoms with van der Waals surface area (Å²) in [6.45, 7) is 5.95. The number of carbonyl (C=O) groups is 2. The average Bonchev–Trinajstić information content (AvgIpc) is 2.46. The third kappa shape index (κ3) is 5.10. The van der Waals surface area contributed by atoms with Gasteiger partial charge >= 0.3 is 12.0 Å². The fourth-order valence-corrected chi connectivity index (χ4v) is 1.74. The summed E-state index contributed by atoms with van der Waals surface area (Å²) in [6, 6.07) is 9.14. The van der Waals surface area contributed by atoms with Crippen LogP contribution in [0.3, 0.4) is 0 Å². The number of nitrogens with one attached hydrogen (secondary N) is 1. The fraction of sp³-hybridized carbons (Fsp3) is 0.500. The molecule has 0 aliphatic heterocycles. The molecule has 1 aromatic rings. The summed E-state index contributed by atoms with van der Waals surface area (Å²) < 4.78 is 0. The Balaban J connectivity index is 2.75. The Labute approximate surface area is 126 Å². The van der Waals surface area contributed by atoms with E-state index >= 15 is 0 Å². The lowest BCUT2D eigenvalue weighted by Gasteiger charge is -2.26. The van der Waals surface area contributed by atoms with Gasteiger partial charge in [0.2, 0.25) is 0 Å². The van der Waals surface area contributed by atoms with Crippen molar-refractivity contribution < 1.29 is 14.7 Å². The third-order valence-electron chi connectivity index (χ3n) is 3.31. The van der Waals surface area contributed by atoms with Crippen molar-refractivity contribution in [3.05, 3.63) is 30.3 Å². The molecule has 5 nitrogen and oxygen atoms in total. The van der Waals surface area contributed by atoms with Gasteiger partial charge in [-0.05, 0) is 32.4 Å². The molecule has 0 aromatic heterocycles. The number of hydrogen-bond acceptors (Lipinski definition) is 2. The van der Waals surface area contributed by atoms with Gasteiger partial charge in [0.1, 0.15) is 0 Å².